The Balaban J connectivity index is 1.84. The first-order chi connectivity index (χ1) is 11.3. The minimum atomic E-state index is 0.0524. The number of nitrogens with one attached hydrogen (secondary N) is 1. The molecule has 1 aliphatic carbocycles. The van der Waals surface area contributed by atoms with Crippen LogP contribution in [0.1, 0.15) is 59.5 Å². The first-order valence-corrected chi connectivity index (χ1v) is 8.49. The van der Waals surface area contributed by atoms with Crippen LogP contribution in [0.4, 0.5) is 0 Å². The minimum absolute atomic E-state index is 0.0524. The SMILES string of the molecule is O=C1NCc2c1cc1ccc3c(c1c2C1CCCCC1)OCO3. The molecule has 23 heavy (non-hydrogen) atoms. The van der Waals surface area contributed by atoms with Gasteiger partial charge in [0.2, 0.25) is 6.79 Å². The van der Waals surface area contributed by atoms with Gasteiger partial charge in [0, 0.05) is 17.5 Å². The van der Waals surface area contributed by atoms with E-state index in [1.807, 2.05) is 12.1 Å². The molecule has 0 spiro atoms. The molecule has 4 heteroatoms. The molecular formula is C19H19NO3. The Hall–Kier alpha value is -2.23. The molecule has 2 aromatic rings. The van der Waals surface area contributed by atoms with E-state index in [2.05, 4.69) is 11.4 Å². The van der Waals surface area contributed by atoms with Gasteiger partial charge in [0.05, 0.1) is 0 Å². The summed E-state index contributed by atoms with van der Waals surface area (Å²) in [6.07, 6.45) is 6.25. The predicted octanol–water partition coefficient (Wildman–Crippen LogP) is 3.86. The predicted molar refractivity (Wildman–Crippen MR) is 87.1 cm³/mol. The van der Waals surface area contributed by atoms with Crippen LogP contribution < -0.4 is 14.8 Å². The molecule has 2 aliphatic heterocycles. The zero-order valence-electron chi connectivity index (χ0n) is 13.0. The van der Waals surface area contributed by atoms with Gasteiger partial charge in [0.15, 0.2) is 11.5 Å². The highest BCUT2D eigenvalue weighted by molar-refractivity contribution is 6.06. The van der Waals surface area contributed by atoms with E-state index in [0.717, 1.165) is 22.4 Å². The van der Waals surface area contributed by atoms with Crippen molar-refractivity contribution in [3.8, 4) is 11.5 Å². The molecule has 0 aromatic heterocycles. The summed E-state index contributed by atoms with van der Waals surface area (Å²) in [5.74, 6) is 2.26. The quantitative estimate of drug-likeness (QED) is 0.870. The summed E-state index contributed by atoms with van der Waals surface area (Å²) in [7, 11) is 0. The molecule has 1 fully saturated rings. The third kappa shape index (κ3) is 1.87. The second-order valence-corrected chi connectivity index (χ2v) is 6.73. The first-order valence-electron chi connectivity index (χ1n) is 8.49. The Morgan fingerprint density at radius 1 is 1.09 bits per heavy atom. The molecule has 1 N–H and O–H groups in total. The average Bonchev–Trinajstić information content (AvgIpc) is 3.21. The number of benzene rings is 2. The average molecular weight is 309 g/mol. The van der Waals surface area contributed by atoms with E-state index in [0.29, 0.717) is 12.5 Å². The molecule has 3 aliphatic rings. The van der Waals surface area contributed by atoms with E-state index in [4.69, 9.17) is 9.47 Å². The normalized spacial score (nSPS) is 19.9. The second-order valence-electron chi connectivity index (χ2n) is 6.73. The van der Waals surface area contributed by atoms with Gasteiger partial charge in [0.1, 0.15) is 0 Å². The maximum absolute atomic E-state index is 12.2. The summed E-state index contributed by atoms with van der Waals surface area (Å²) in [4.78, 5) is 12.2. The number of carbonyl (C=O) groups excluding carboxylic acids is 1. The van der Waals surface area contributed by atoms with Crippen LogP contribution in [-0.2, 0) is 6.54 Å². The molecule has 0 radical (unpaired) electrons. The van der Waals surface area contributed by atoms with Crippen LogP contribution in [0.15, 0.2) is 18.2 Å². The highest BCUT2D eigenvalue weighted by atomic mass is 16.7. The van der Waals surface area contributed by atoms with Gasteiger partial charge in [-0.3, -0.25) is 4.79 Å². The standard InChI is InChI=1S/C19H19NO3/c21-19-13-8-12-6-7-15-18(23-10-22-15)17(12)16(14(13)9-20-19)11-4-2-1-3-5-11/h6-8,11H,1-5,9-10H2,(H,20,21). The topological polar surface area (TPSA) is 47.6 Å². The van der Waals surface area contributed by atoms with Gasteiger partial charge in [-0.05, 0) is 47.4 Å². The van der Waals surface area contributed by atoms with Crippen LogP contribution in [-0.4, -0.2) is 12.7 Å². The Morgan fingerprint density at radius 2 is 1.96 bits per heavy atom. The van der Waals surface area contributed by atoms with Crippen LogP contribution in [0, 0.1) is 0 Å². The lowest BCUT2D eigenvalue weighted by molar-refractivity contribution is 0.0966. The molecule has 0 unspecified atom stereocenters. The van der Waals surface area contributed by atoms with Gasteiger partial charge in [-0.15, -0.1) is 0 Å². The Morgan fingerprint density at radius 3 is 2.83 bits per heavy atom. The van der Waals surface area contributed by atoms with Gasteiger partial charge in [-0.1, -0.05) is 25.3 Å². The first kappa shape index (κ1) is 13.2. The lowest BCUT2D eigenvalue weighted by atomic mass is 9.78. The van der Waals surface area contributed by atoms with Crippen LogP contribution in [0.3, 0.4) is 0 Å². The van der Waals surface area contributed by atoms with Crippen molar-refractivity contribution in [3.63, 3.8) is 0 Å². The number of amides is 1. The summed E-state index contributed by atoms with van der Waals surface area (Å²) in [6.45, 7) is 0.924. The van der Waals surface area contributed by atoms with E-state index in [1.54, 1.807) is 0 Å². The van der Waals surface area contributed by atoms with E-state index in [9.17, 15) is 4.79 Å². The Kier molecular flexibility index (Phi) is 2.81. The van der Waals surface area contributed by atoms with E-state index < -0.39 is 0 Å². The van der Waals surface area contributed by atoms with Gasteiger partial charge in [-0.25, -0.2) is 0 Å². The fourth-order valence-electron chi connectivity index (χ4n) is 4.42. The lowest BCUT2D eigenvalue weighted by Gasteiger charge is -2.26. The number of carbonyl (C=O) groups is 1. The molecule has 1 amide bonds. The fourth-order valence-corrected chi connectivity index (χ4v) is 4.42. The smallest absolute Gasteiger partial charge is 0.251 e. The number of rotatable bonds is 1. The number of hydrogen-bond donors (Lipinski definition) is 1. The summed E-state index contributed by atoms with van der Waals surface area (Å²) in [6, 6.07) is 6.02. The lowest BCUT2D eigenvalue weighted by Crippen LogP contribution is -2.12. The highest BCUT2D eigenvalue weighted by Crippen LogP contribution is 2.48. The number of fused-ring (bicyclic) bond motifs is 4. The van der Waals surface area contributed by atoms with Crippen molar-refractivity contribution in [1.82, 2.24) is 5.32 Å². The molecule has 2 heterocycles. The molecule has 0 bridgehead atoms. The monoisotopic (exact) mass is 309 g/mol. The van der Waals surface area contributed by atoms with Crippen molar-refractivity contribution in [2.75, 3.05) is 6.79 Å². The van der Waals surface area contributed by atoms with Crippen molar-refractivity contribution in [1.29, 1.82) is 0 Å². The molecule has 4 nitrogen and oxygen atoms in total. The van der Waals surface area contributed by atoms with Gasteiger partial charge >= 0.3 is 0 Å². The summed E-state index contributed by atoms with van der Waals surface area (Å²) >= 11 is 0. The fraction of sp³-hybridized carbons (Fsp3) is 0.421. The minimum Gasteiger partial charge on any atom is -0.454 e. The molecule has 1 saturated carbocycles. The van der Waals surface area contributed by atoms with Crippen LogP contribution in [0.25, 0.3) is 10.8 Å². The van der Waals surface area contributed by atoms with Gasteiger partial charge < -0.3 is 14.8 Å². The molecule has 0 atom stereocenters. The van der Waals surface area contributed by atoms with Crippen molar-refractivity contribution in [3.05, 3.63) is 34.9 Å². The zero-order chi connectivity index (χ0) is 15.4. The van der Waals surface area contributed by atoms with Gasteiger partial charge in [-0.2, -0.15) is 0 Å². The molecule has 118 valence electrons. The van der Waals surface area contributed by atoms with Crippen LogP contribution in [0.2, 0.25) is 0 Å². The third-order valence-corrected chi connectivity index (χ3v) is 5.47. The maximum atomic E-state index is 12.2. The molecule has 2 aromatic carbocycles. The highest BCUT2D eigenvalue weighted by Gasteiger charge is 2.31. The van der Waals surface area contributed by atoms with Crippen molar-refractivity contribution in [2.24, 2.45) is 0 Å². The third-order valence-electron chi connectivity index (χ3n) is 5.47. The van der Waals surface area contributed by atoms with Crippen molar-refractivity contribution < 1.29 is 14.3 Å². The van der Waals surface area contributed by atoms with Crippen molar-refractivity contribution in [2.45, 2.75) is 44.6 Å². The molecule has 0 saturated heterocycles. The summed E-state index contributed by atoms with van der Waals surface area (Å²) in [5.41, 5.74) is 3.35. The number of hydrogen-bond acceptors (Lipinski definition) is 3. The summed E-state index contributed by atoms with van der Waals surface area (Å²) in [5, 5.41) is 5.25. The van der Waals surface area contributed by atoms with E-state index in [-0.39, 0.29) is 12.7 Å². The van der Waals surface area contributed by atoms with E-state index >= 15 is 0 Å². The van der Waals surface area contributed by atoms with Crippen LogP contribution in [0.5, 0.6) is 11.5 Å². The van der Waals surface area contributed by atoms with Gasteiger partial charge in [0.25, 0.3) is 5.91 Å². The Labute approximate surface area is 134 Å². The Bertz CT molecular complexity index is 821. The number of ether oxygens (including phenoxy) is 2. The maximum Gasteiger partial charge on any atom is 0.251 e. The van der Waals surface area contributed by atoms with E-state index in [1.165, 1.54) is 48.6 Å². The largest absolute Gasteiger partial charge is 0.454 e. The molecule has 5 rings (SSSR count). The second kappa shape index (κ2) is 4.88. The van der Waals surface area contributed by atoms with Crippen molar-refractivity contribution >= 4 is 16.7 Å². The summed E-state index contributed by atoms with van der Waals surface area (Å²) < 4.78 is 11.4. The molecular weight excluding hydrogens is 290 g/mol. The van der Waals surface area contributed by atoms with Crippen LogP contribution >= 0.6 is 0 Å². The zero-order valence-corrected chi connectivity index (χ0v) is 13.0.